The van der Waals surface area contributed by atoms with Crippen molar-refractivity contribution in [2.24, 2.45) is 0 Å². The minimum absolute atomic E-state index is 0.0410. The molecule has 122 valence electrons. The standard InChI is InChI=1S/C19H24N2O2/c1-14(2)16-7-9-17(10-8-16)20-13-19(22)21-12-15-5-4-6-18(11-15)23-3/h4-11,14,20H,12-13H2,1-3H3,(H,21,22). The minimum atomic E-state index is -0.0410. The lowest BCUT2D eigenvalue weighted by atomic mass is 10.0. The Bertz CT molecular complexity index is 636. The molecule has 0 bridgehead atoms. The van der Waals surface area contributed by atoms with Crippen LogP contribution >= 0.6 is 0 Å². The summed E-state index contributed by atoms with van der Waals surface area (Å²) >= 11 is 0. The molecule has 0 radical (unpaired) electrons. The Morgan fingerprint density at radius 2 is 1.87 bits per heavy atom. The van der Waals surface area contributed by atoms with E-state index in [0.29, 0.717) is 12.5 Å². The Labute approximate surface area is 137 Å². The quantitative estimate of drug-likeness (QED) is 0.822. The summed E-state index contributed by atoms with van der Waals surface area (Å²) in [6.45, 7) is 5.07. The van der Waals surface area contributed by atoms with Crippen LogP contribution in [0.1, 0.15) is 30.9 Å². The first-order valence-electron chi connectivity index (χ1n) is 7.82. The molecular weight excluding hydrogens is 288 g/mol. The third-order valence-electron chi connectivity index (χ3n) is 3.65. The van der Waals surface area contributed by atoms with Gasteiger partial charge in [-0.1, -0.05) is 38.1 Å². The second kappa shape index (κ2) is 8.22. The van der Waals surface area contributed by atoms with Gasteiger partial charge in [0, 0.05) is 12.2 Å². The van der Waals surface area contributed by atoms with Crippen LogP contribution in [0.3, 0.4) is 0 Å². The highest BCUT2D eigenvalue weighted by Crippen LogP contribution is 2.17. The van der Waals surface area contributed by atoms with Gasteiger partial charge in [-0.05, 0) is 41.3 Å². The number of amides is 1. The maximum atomic E-state index is 11.9. The van der Waals surface area contributed by atoms with E-state index in [4.69, 9.17) is 4.74 Å². The SMILES string of the molecule is COc1cccc(CNC(=O)CNc2ccc(C(C)C)cc2)c1. The Kier molecular flexibility index (Phi) is 6.03. The van der Waals surface area contributed by atoms with E-state index in [2.05, 4.69) is 36.6 Å². The average Bonchev–Trinajstić information content (AvgIpc) is 2.58. The van der Waals surface area contributed by atoms with Crippen LogP contribution in [0.4, 0.5) is 5.69 Å². The lowest BCUT2D eigenvalue weighted by Gasteiger charge is -2.10. The molecule has 23 heavy (non-hydrogen) atoms. The van der Waals surface area contributed by atoms with Crippen LogP contribution in [0.2, 0.25) is 0 Å². The monoisotopic (exact) mass is 312 g/mol. The number of ether oxygens (including phenoxy) is 1. The second-order valence-corrected chi connectivity index (χ2v) is 5.76. The van der Waals surface area contributed by atoms with Gasteiger partial charge in [-0.25, -0.2) is 0 Å². The van der Waals surface area contributed by atoms with E-state index in [0.717, 1.165) is 17.0 Å². The zero-order chi connectivity index (χ0) is 16.7. The average molecular weight is 312 g/mol. The van der Waals surface area contributed by atoms with Crippen LogP contribution in [-0.2, 0) is 11.3 Å². The number of hydrogen-bond acceptors (Lipinski definition) is 3. The van der Waals surface area contributed by atoms with Crippen LogP contribution in [0.15, 0.2) is 48.5 Å². The summed E-state index contributed by atoms with van der Waals surface area (Å²) in [5, 5.41) is 6.03. The van der Waals surface area contributed by atoms with Gasteiger partial charge < -0.3 is 15.4 Å². The number of methoxy groups -OCH3 is 1. The van der Waals surface area contributed by atoms with Gasteiger partial charge in [-0.2, -0.15) is 0 Å². The molecule has 4 nitrogen and oxygen atoms in total. The first kappa shape index (κ1) is 16.9. The molecule has 0 aliphatic rings. The molecule has 2 N–H and O–H groups in total. The van der Waals surface area contributed by atoms with Crippen LogP contribution in [-0.4, -0.2) is 19.6 Å². The molecule has 0 heterocycles. The maximum absolute atomic E-state index is 11.9. The Morgan fingerprint density at radius 1 is 1.13 bits per heavy atom. The molecule has 1 amide bonds. The zero-order valence-electron chi connectivity index (χ0n) is 13.9. The van der Waals surface area contributed by atoms with Gasteiger partial charge >= 0.3 is 0 Å². The summed E-state index contributed by atoms with van der Waals surface area (Å²) in [6, 6.07) is 15.8. The molecule has 2 aromatic carbocycles. The molecule has 0 saturated heterocycles. The number of carbonyl (C=O) groups is 1. The van der Waals surface area contributed by atoms with Gasteiger partial charge in [-0.3, -0.25) is 4.79 Å². The maximum Gasteiger partial charge on any atom is 0.239 e. The second-order valence-electron chi connectivity index (χ2n) is 5.76. The number of carbonyl (C=O) groups excluding carboxylic acids is 1. The van der Waals surface area contributed by atoms with Gasteiger partial charge in [-0.15, -0.1) is 0 Å². The van der Waals surface area contributed by atoms with E-state index in [1.165, 1.54) is 5.56 Å². The predicted molar refractivity (Wildman–Crippen MR) is 93.9 cm³/mol. The predicted octanol–water partition coefficient (Wildman–Crippen LogP) is 3.55. The molecular formula is C19H24N2O2. The van der Waals surface area contributed by atoms with Crippen molar-refractivity contribution in [2.45, 2.75) is 26.3 Å². The van der Waals surface area contributed by atoms with E-state index in [1.807, 2.05) is 36.4 Å². The number of benzene rings is 2. The molecule has 0 fully saturated rings. The Balaban J connectivity index is 1.78. The molecule has 0 unspecified atom stereocenters. The molecule has 0 aliphatic carbocycles. The van der Waals surface area contributed by atoms with Crippen molar-refractivity contribution in [2.75, 3.05) is 19.0 Å². The Hall–Kier alpha value is -2.49. The zero-order valence-corrected chi connectivity index (χ0v) is 13.9. The fraction of sp³-hybridized carbons (Fsp3) is 0.316. The van der Waals surface area contributed by atoms with Crippen molar-refractivity contribution < 1.29 is 9.53 Å². The highest BCUT2D eigenvalue weighted by atomic mass is 16.5. The summed E-state index contributed by atoms with van der Waals surface area (Å²) in [7, 11) is 1.63. The van der Waals surface area contributed by atoms with Crippen LogP contribution in [0.25, 0.3) is 0 Å². The number of nitrogens with one attached hydrogen (secondary N) is 2. The topological polar surface area (TPSA) is 50.4 Å². The molecule has 2 rings (SSSR count). The van der Waals surface area contributed by atoms with E-state index < -0.39 is 0 Å². The van der Waals surface area contributed by atoms with Gasteiger partial charge in [0.15, 0.2) is 0 Å². The highest BCUT2D eigenvalue weighted by Gasteiger charge is 2.03. The van der Waals surface area contributed by atoms with Crippen LogP contribution in [0.5, 0.6) is 5.75 Å². The first-order chi connectivity index (χ1) is 11.1. The summed E-state index contributed by atoms with van der Waals surface area (Å²) in [5.74, 6) is 1.26. The largest absolute Gasteiger partial charge is 0.497 e. The van der Waals surface area contributed by atoms with Crippen molar-refractivity contribution >= 4 is 11.6 Å². The summed E-state index contributed by atoms with van der Waals surface area (Å²) in [6.07, 6.45) is 0. The van der Waals surface area contributed by atoms with Crippen molar-refractivity contribution in [3.63, 3.8) is 0 Å². The number of anilines is 1. The van der Waals surface area contributed by atoms with Crippen LogP contribution in [0, 0.1) is 0 Å². The fourth-order valence-corrected chi connectivity index (χ4v) is 2.21. The lowest BCUT2D eigenvalue weighted by molar-refractivity contribution is -0.119. The molecule has 0 aliphatic heterocycles. The molecule has 0 spiro atoms. The third-order valence-corrected chi connectivity index (χ3v) is 3.65. The van der Waals surface area contributed by atoms with Gasteiger partial charge in [0.05, 0.1) is 13.7 Å². The molecule has 4 heteroatoms. The number of hydrogen-bond donors (Lipinski definition) is 2. The van der Waals surface area contributed by atoms with Crippen molar-refractivity contribution in [3.8, 4) is 5.75 Å². The van der Waals surface area contributed by atoms with Crippen molar-refractivity contribution in [3.05, 3.63) is 59.7 Å². The third kappa shape index (κ3) is 5.33. The van der Waals surface area contributed by atoms with E-state index in [-0.39, 0.29) is 12.5 Å². The normalized spacial score (nSPS) is 10.4. The lowest BCUT2D eigenvalue weighted by Crippen LogP contribution is -2.29. The first-order valence-corrected chi connectivity index (χ1v) is 7.82. The molecule has 2 aromatic rings. The molecule has 0 aromatic heterocycles. The fourth-order valence-electron chi connectivity index (χ4n) is 2.21. The molecule has 0 atom stereocenters. The summed E-state index contributed by atoms with van der Waals surface area (Å²) in [5.41, 5.74) is 3.25. The minimum Gasteiger partial charge on any atom is -0.497 e. The van der Waals surface area contributed by atoms with E-state index in [1.54, 1.807) is 7.11 Å². The van der Waals surface area contributed by atoms with Gasteiger partial charge in [0.1, 0.15) is 5.75 Å². The van der Waals surface area contributed by atoms with Gasteiger partial charge in [0.25, 0.3) is 0 Å². The summed E-state index contributed by atoms with van der Waals surface area (Å²) < 4.78 is 5.17. The van der Waals surface area contributed by atoms with E-state index >= 15 is 0 Å². The van der Waals surface area contributed by atoms with Gasteiger partial charge in [0.2, 0.25) is 5.91 Å². The summed E-state index contributed by atoms with van der Waals surface area (Å²) in [4.78, 5) is 11.9. The Morgan fingerprint density at radius 3 is 2.52 bits per heavy atom. The highest BCUT2D eigenvalue weighted by molar-refractivity contribution is 5.80. The number of rotatable bonds is 7. The van der Waals surface area contributed by atoms with Crippen molar-refractivity contribution in [1.82, 2.24) is 5.32 Å². The molecule has 0 saturated carbocycles. The van der Waals surface area contributed by atoms with E-state index in [9.17, 15) is 4.79 Å². The van der Waals surface area contributed by atoms with Crippen molar-refractivity contribution in [1.29, 1.82) is 0 Å². The smallest absolute Gasteiger partial charge is 0.239 e. The van der Waals surface area contributed by atoms with Crippen LogP contribution < -0.4 is 15.4 Å².